The monoisotopic (exact) mass is 502 g/mol. The summed E-state index contributed by atoms with van der Waals surface area (Å²) in [6.45, 7) is 13.4. The van der Waals surface area contributed by atoms with Crippen LogP contribution in [0.2, 0.25) is 0 Å². The lowest BCUT2D eigenvalue weighted by molar-refractivity contribution is -0.184. The van der Waals surface area contributed by atoms with Crippen LogP contribution in [0.4, 0.5) is 0 Å². The summed E-state index contributed by atoms with van der Waals surface area (Å²) in [5.74, 6) is 2.32. The highest BCUT2D eigenvalue weighted by molar-refractivity contribution is 5.81. The van der Waals surface area contributed by atoms with E-state index in [1.165, 1.54) is 19.3 Å². The second-order valence-corrected chi connectivity index (χ2v) is 15.1. The van der Waals surface area contributed by atoms with Gasteiger partial charge in [0.25, 0.3) is 0 Å². The smallest absolute Gasteiger partial charge is 0.312 e. The number of esters is 1. The molecule has 11 atom stereocenters. The Morgan fingerprint density at radius 1 is 0.972 bits per heavy atom. The number of rotatable bonds is 6. The molecule has 5 rings (SSSR count). The van der Waals surface area contributed by atoms with Crippen molar-refractivity contribution in [1.82, 2.24) is 0 Å². The van der Waals surface area contributed by atoms with Gasteiger partial charge in [-0.1, -0.05) is 34.6 Å². The predicted octanol–water partition coefficient (Wildman–Crippen LogP) is 6.47. The molecule has 0 saturated heterocycles. The van der Waals surface area contributed by atoms with Crippen LogP contribution < -0.4 is 0 Å². The normalized spacial score (nSPS) is 49.8. The summed E-state index contributed by atoms with van der Waals surface area (Å²) in [4.78, 5) is 24.2. The van der Waals surface area contributed by atoms with Crippen LogP contribution >= 0.6 is 0 Å². The SMILES string of the molecule is CC(CCC(=O)O)C1CCC2C3CCC4C[C@H](OC(=O)C5(C)CC5(C)C)CCC4(C)C3C[C@H](O)C12C. The number of hydrogen-bond donors (Lipinski definition) is 2. The molecule has 5 heteroatoms. The molecule has 204 valence electrons. The zero-order valence-corrected chi connectivity index (χ0v) is 23.5. The quantitative estimate of drug-likeness (QED) is 0.407. The summed E-state index contributed by atoms with van der Waals surface area (Å²) in [6.07, 6.45) is 10.2. The number of hydrogen-bond acceptors (Lipinski definition) is 4. The van der Waals surface area contributed by atoms with Gasteiger partial charge in [-0.05, 0) is 123 Å². The number of carbonyl (C=O) groups excluding carboxylic acids is 1. The number of aliphatic hydroxyl groups excluding tert-OH is 1. The van der Waals surface area contributed by atoms with Crippen molar-refractivity contribution in [2.24, 2.45) is 57.2 Å². The van der Waals surface area contributed by atoms with Crippen molar-refractivity contribution in [3.05, 3.63) is 0 Å². The highest BCUT2D eigenvalue weighted by Crippen LogP contribution is 2.69. The minimum atomic E-state index is -0.715. The van der Waals surface area contributed by atoms with E-state index in [4.69, 9.17) is 4.74 Å². The standard InChI is InChI=1S/C31H50O5/c1-18(7-12-26(33)34)22-10-11-23-21-9-8-19-15-20(36-27(35)30(5)17-28(30,2)3)13-14-29(19,4)24(21)16-25(32)31(22,23)6/h18-25,32H,7-17H2,1-6H3,(H,33,34)/t18?,19?,20-,21?,22?,23?,24?,25+,29?,30?,31?/m1/s1. The number of carboxylic acids is 1. The van der Waals surface area contributed by atoms with Crippen molar-refractivity contribution in [2.45, 2.75) is 124 Å². The van der Waals surface area contributed by atoms with Gasteiger partial charge in [-0.3, -0.25) is 9.59 Å². The van der Waals surface area contributed by atoms with Crippen LogP contribution in [0.5, 0.6) is 0 Å². The van der Waals surface area contributed by atoms with E-state index in [2.05, 4.69) is 41.5 Å². The number of ether oxygens (including phenoxy) is 1. The van der Waals surface area contributed by atoms with E-state index in [0.29, 0.717) is 41.9 Å². The summed E-state index contributed by atoms with van der Waals surface area (Å²) in [7, 11) is 0. The van der Waals surface area contributed by atoms with Crippen molar-refractivity contribution in [1.29, 1.82) is 0 Å². The fourth-order valence-electron chi connectivity index (χ4n) is 10.3. The van der Waals surface area contributed by atoms with Crippen molar-refractivity contribution in [2.75, 3.05) is 0 Å². The number of aliphatic carboxylic acids is 1. The predicted molar refractivity (Wildman–Crippen MR) is 139 cm³/mol. The van der Waals surface area contributed by atoms with Crippen LogP contribution in [0, 0.1) is 57.2 Å². The molecule has 5 fully saturated rings. The summed E-state index contributed by atoms with van der Waals surface area (Å²) in [6, 6.07) is 0. The van der Waals surface area contributed by atoms with Crippen molar-refractivity contribution >= 4 is 11.9 Å². The molecule has 9 unspecified atom stereocenters. The van der Waals surface area contributed by atoms with Gasteiger partial charge in [-0.2, -0.15) is 0 Å². The van der Waals surface area contributed by atoms with Crippen LogP contribution in [0.1, 0.15) is 112 Å². The lowest BCUT2D eigenvalue weighted by Gasteiger charge is -2.62. The van der Waals surface area contributed by atoms with E-state index in [1.807, 2.05) is 0 Å². The second kappa shape index (κ2) is 8.71. The van der Waals surface area contributed by atoms with Crippen molar-refractivity contribution < 1.29 is 24.5 Å². The third-order valence-electron chi connectivity index (χ3n) is 13.2. The lowest BCUT2D eigenvalue weighted by Crippen LogP contribution is -2.59. The minimum absolute atomic E-state index is 0.00709. The molecule has 36 heavy (non-hydrogen) atoms. The number of aliphatic hydroxyl groups is 1. The summed E-state index contributed by atoms with van der Waals surface area (Å²) in [5, 5.41) is 20.9. The maximum absolute atomic E-state index is 13.0. The number of carboxylic acid groups (broad SMARTS) is 1. The molecule has 5 nitrogen and oxygen atoms in total. The van der Waals surface area contributed by atoms with E-state index >= 15 is 0 Å². The molecule has 2 N–H and O–H groups in total. The molecule has 0 aromatic heterocycles. The van der Waals surface area contributed by atoms with Crippen LogP contribution in [-0.4, -0.2) is 34.4 Å². The van der Waals surface area contributed by atoms with Gasteiger partial charge >= 0.3 is 11.9 Å². The molecule has 0 heterocycles. The largest absolute Gasteiger partial charge is 0.481 e. The van der Waals surface area contributed by atoms with Gasteiger partial charge in [0.2, 0.25) is 0 Å². The Bertz CT molecular complexity index is 897. The molecular weight excluding hydrogens is 452 g/mol. The Kier molecular flexibility index (Phi) is 6.41. The van der Waals surface area contributed by atoms with E-state index in [0.717, 1.165) is 38.5 Å². The highest BCUT2D eigenvalue weighted by atomic mass is 16.5. The fraction of sp³-hybridized carbons (Fsp3) is 0.935. The Labute approximate surface area is 218 Å². The maximum Gasteiger partial charge on any atom is 0.312 e. The van der Waals surface area contributed by atoms with E-state index in [1.54, 1.807) is 0 Å². The third-order valence-corrected chi connectivity index (χ3v) is 13.2. The number of fused-ring (bicyclic) bond motifs is 5. The maximum atomic E-state index is 13.0. The van der Waals surface area contributed by atoms with Gasteiger partial charge in [0.05, 0.1) is 11.5 Å². The fourth-order valence-corrected chi connectivity index (χ4v) is 10.3. The zero-order valence-electron chi connectivity index (χ0n) is 23.5. The molecule has 5 saturated carbocycles. The van der Waals surface area contributed by atoms with Gasteiger partial charge in [0.1, 0.15) is 6.10 Å². The van der Waals surface area contributed by atoms with Crippen LogP contribution in [0.3, 0.4) is 0 Å². The van der Waals surface area contributed by atoms with E-state index in [-0.39, 0.29) is 46.3 Å². The van der Waals surface area contributed by atoms with Crippen LogP contribution in [-0.2, 0) is 14.3 Å². The Morgan fingerprint density at radius 2 is 1.67 bits per heavy atom. The molecule has 0 aromatic carbocycles. The summed E-state index contributed by atoms with van der Waals surface area (Å²) in [5.41, 5.74) is -0.143. The molecule has 0 radical (unpaired) electrons. The van der Waals surface area contributed by atoms with Crippen molar-refractivity contribution in [3.63, 3.8) is 0 Å². The van der Waals surface area contributed by atoms with Gasteiger partial charge < -0.3 is 14.9 Å². The highest BCUT2D eigenvalue weighted by Gasteiger charge is 2.66. The Morgan fingerprint density at radius 3 is 2.31 bits per heavy atom. The third kappa shape index (κ3) is 3.88. The molecule has 0 amide bonds. The Hall–Kier alpha value is -1.10. The van der Waals surface area contributed by atoms with Crippen LogP contribution in [0.15, 0.2) is 0 Å². The van der Waals surface area contributed by atoms with Gasteiger partial charge in [0.15, 0.2) is 0 Å². The summed E-state index contributed by atoms with van der Waals surface area (Å²) < 4.78 is 6.14. The minimum Gasteiger partial charge on any atom is -0.481 e. The van der Waals surface area contributed by atoms with Gasteiger partial charge in [-0.15, -0.1) is 0 Å². The first-order chi connectivity index (χ1) is 16.7. The molecule has 0 aliphatic heterocycles. The topological polar surface area (TPSA) is 83.8 Å². The van der Waals surface area contributed by atoms with E-state index < -0.39 is 5.97 Å². The van der Waals surface area contributed by atoms with Crippen LogP contribution in [0.25, 0.3) is 0 Å². The molecule has 0 aromatic rings. The Balaban J connectivity index is 1.27. The molecule has 5 aliphatic rings. The second-order valence-electron chi connectivity index (χ2n) is 15.1. The molecule has 0 spiro atoms. The van der Waals surface area contributed by atoms with E-state index in [9.17, 15) is 19.8 Å². The first-order valence-electron chi connectivity index (χ1n) is 14.8. The lowest BCUT2D eigenvalue weighted by atomic mass is 9.43. The first-order valence-corrected chi connectivity index (χ1v) is 14.8. The van der Waals surface area contributed by atoms with Gasteiger partial charge in [-0.25, -0.2) is 0 Å². The van der Waals surface area contributed by atoms with Crippen molar-refractivity contribution in [3.8, 4) is 0 Å². The van der Waals surface area contributed by atoms with Gasteiger partial charge in [0, 0.05) is 6.42 Å². The zero-order chi connectivity index (χ0) is 26.3. The summed E-state index contributed by atoms with van der Waals surface area (Å²) >= 11 is 0. The molecule has 5 aliphatic carbocycles. The number of carbonyl (C=O) groups is 2. The average molecular weight is 503 g/mol. The molecular formula is C31H50O5. The molecule has 0 bridgehead atoms. The average Bonchev–Trinajstić information content (AvgIpc) is 3.13. The first kappa shape index (κ1) is 26.5.